The van der Waals surface area contributed by atoms with Gasteiger partial charge in [0.15, 0.2) is 12.5 Å². The quantitative estimate of drug-likeness (QED) is 0.189. The SMILES string of the molecule is O=C(CO[C@H]1O[C@H](CO)[C@@H](O)[C@H](O)[C@H]1O)NC[C@H]1O[C@@H](n2ccc(=O)[nH]c2=O)[C@H](O)[C@@H]1O. The highest BCUT2D eigenvalue weighted by Crippen LogP contribution is 2.28. The van der Waals surface area contributed by atoms with Crippen LogP contribution in [0.2, 0.25) is 0 Å². The van der Waals surface area contributed by atoms with Crippen molar-refractivity contribution >= 4 is 5.91 Å². The van der Waals surface area contributed by atoms with Crippen LogP contribution in [0.25, 0.3) is 0 Å². The first-order valence-electron chi connectivity index (χ1n) is 9.66. The number of ether oxygens (including phenoxy) is 3. The second-order valence-electron chi connectivity index (χ2n) is 7.38. The first-order chi connectivity index (χ1) is 15.1. The summed E-state index contributed by atoms with van der Waals surface area (Å²) in [6.45, 7) is -1.60. The van der Waals surface area contributed by atoms with Crippen LogP contribution in [0.1, 0.15) is 6.23 Å². The first kappa shape index (κ1) is 24.4. The van der Waals surface area contributed by atoms with Gasteiger partial charge in [0.05, 0.1) is 6.61 Å². The number of hydrogen-bond acceptors (Lipinski definition) is 12. The van der Waals surface area contributed by atoms with Gasteiger partial charge in [-0.05, 0) is 0 Å². The number of carbonyl (C=O) groups is 1. The number of nitrogens with zero attached hydrogens (tertiary/aromatic N) is 1. The molecule has 8 N–H and O–H groups in total. The van der Waals surface area contributed by atoms with Gasteiger partial charge < -0.3 is 50.2 Å². The number of aliphatic hydroxyl groups is 6. The molecule has 0 radical (unpaired) electrons. The van der Waals surface area contributed by atoms with Gasteiger partial charge in [-0.15, -0.1) is 0 Å². The van der Waals surface area contributed by atoms with Gasteiger partial charge in [-0.2, -0.15) is 0 Å². The lowest BCUT2D eigenvalue weighted by Crippen LogP contribution is -2.59. The van der Waals surface area contributed by atoms with E-state index in [1.807, 2.05) is 4.98 Å². The predicted octanol–water partition coefficient (Wildman–Crippen LogP) is -5.91. The average Bonchev–Trinajstić information content (AvgIpc) is 3.04. The summed E-state index contributed by atoms with van der Waals surface area (Å²) in [6.07, 6.45) is -11.9. The van der Waals surface area contributed by atoms with E-state index in [1.165, 1.54) is 0 Å². The van der Waals surface area contributed by atoms with Gasteiger partial charge in [-0.1, -0.05) is 0 Å². The van der Waals surface area contributed by atoms with Crippen molar-refractivity contribution in [3.05, 3.63) is 33.1 Å². The van der Waals surface area contributed by atoms with Gasteiger partial charge in [-0.25, -0.2) is 4.79 Å². The summed E-state index contributed by atoms with van der Waals surface area (Å²) in [7, 11) is 0. The fourth-order valence-electron chi connectivity index (χ4n) is 3.38. The number of amides is 1. The molecule has 2 saturated heterocycles. The van der Waals surface area contributed by atoms with Gasteiger partial charge in [-0.3, -0.25) is 19.1 Å². The van der Waals surface area contributed by atoms with E-state index >= 15 is 0 Å². The topological polar surface area (TPSA) is 233 Å². The number of hydrogen-bond donors (Lipinski definition) is 8. The zero-order chi connectivity index (χ0) is 23.6. The monoisotopic (exact) mass is 463 g/mol. The van der Waals surface area contributed by atoms with Gasteiger partial charge in [0, 0.05) is 18.8 Å². The molecule has 2 fully saturated rings. The molecule has 3 heterocycles. The third-order valence-electron chi connectivity index (χ3n) is 5.19. The maximum absolute atomic E-state index is 12.0. The molecule has 0 bridgehead atoms. The Morgan fingerprint density at radius 2 is 1.72 bits per heavy atom. The Balaban J connectivity index is 1.51. The molecule has 180 valence electrons. The first-order valence-corrected chi connectivity index (χ1v) is 9.66. The van der Waals surface area contributed by atoms with E-state index in [9.17, 15) is 39.9 Å². The maximum atomic E-state index is 12.0. The second-order valence-corrected chi connectivity index (χ2v) is 7.38. The Kier molecular flexibility index (Phi) is 7.75. The molecule has 1 aromatic heterocycles. The number of aliphatic hydroxyl groups excluding tert-OH is 6. The highest BCUT2D eigenvalue weighted by Gasteiger charge is 2.45. The molecule has 0 saturated carbocycles. The third-order valence-corrected chi connectivity index (χ3v) is 5.19. The fraction of sp³-hybridized carbons (Fsp3) is 0.706. The van der Waals surface area contributed by atoms with Crippen molar-refractivity contribution in [2.75, 3.05) is 19.8 Å². The zero-order valence-electron chi connectivity index (χ0n) is 16.6. The Morgan fingerprint density at radius 3 is 2.38 bits per heavy atom. The summed E-state index contributed by atoms with van der Waals surface area (Å²) in [5.41, 5.74) is -1.51. The molecule has 0 spiro atoms. The van der Waals surface area contributed by atoms with E-state index in [-0.39, 0.29) is 6.54 Å². The Morgan fingerprint density at radius 1 is 1.03 bits per heavy atom. The molecular weight excluding hydrogens is 438 g/mol. The van der Waals surface area contributed by atoms with Gasteiger partial charge in [0.25, 0.3) is 5.56 Å². The largest absolute Gasteiger partial charge is 0.394 e. The van der Waals surface area contributed by atoms with Gasteiger partial charge in [0.1, 0.15) is 49.3 Å². The van der Waals surface area contributed by atoms with E-state index in [4.69, 9.17) is 19.3 Å². The standard InChI is InChI=1S/C17H25N3O12/c21-4-7-11(25)12(26)14(28)16(32-7)30-5-9(23)18-3-6-10(24)13(27)15(31-6)20-2-1-8(22)19-17(20)29/h1-2,6-7,10-16,21,24-28H,3-5H2,(H,18,23)(H,19,22,29)/t6-,7-,10-,11-,12+,13-,14-,15-,16+/m1/s1. The summed E-state index contributed by atoms with van der Waals surface area (Å²) >= 11 is 0. The molecular formula is C17H25N3O12. The van der Waals surface area contributed by atoms with Gasteiger partial charge >= 0.3 is 5.69 Å². The number of H-pyrrole nitrogens is 1. The number of carbonyl (C=O) groups excluding carboxylic acids is 1. The van der Waals surface area contributed by atoms with E-state index in [0.717, 1.165) is 16.8 Å². The summed E-state index contributed by atoms with van der Waals surface area (Å²) in [4.78, 5) is 37.1. The van der Waals surface area contributed by atoms with Crippen LogP contribution in [-0.2, 0) is 19.0 Å². The number of aromatic nitrogens is 2. The van der Waals surface area contributed by atoms with Crippen LogP contribution in [-0.4, -0.2) is 115 Å². The van der Waals surface area contributed by atoms with Crippen LogP contribution in [0.15, 0.2) is 21.9 Å². The van der Waals surface area contributed by atoms with E-state index in [2.05, 4.69) is 5.32 Å². The van der Waals surface area contributed by atoms with Crippen LogP contribution >= 0.6 is 0 Å². The summed E-state index contributed by atoms with van der Waals surface area (Å²) < 4.78 is 16.5. The summed E-state index contributed by atoms with van der Waals surface area (Å²) in [6, 6.07) is 1.04. The number of nitrogens with one attached hydrogen (secondary N) is 2. The average molecular weight is 463 g/mol. The van der Waals surface area contributed by atoms with Crippen molar-refractivity contribution in [1.29, 1.82) is 0 Å². The lowest BCUT2D eigenvalue weighted by molar-refractivity contribution is -0.299. The number of rotatable bonds is 7. The molecule has 32 heavy (non-hydrogen) atoms. The second kappa shape index (κ2) is 10.2. The maximum Gasteiger partial charge on any atom is 0.330 e. The number of aromatic amines is 1. The Hall–Kier alpha value is -2.21. The predicted molar refractivity (Wildman–Crippen MR) is 100.0 cm³/mol. The van der Waals surface area contributed by atoms with Crippen molar-refractivity contribution in [1.82, 2.24) is 14.9 Å². The highest BCUT2D eigenvalue weighted by atomic mass is 16.7. The molecule has 1 aromatic rings. The minimum absolute atomic E-state index is 0.288. The molecule has 1 amide bonds. The smallest absolute Gasteiger partial charge is 0.330 e. The fourth-order valence-corrected chi connectivity index (χ4v) is 3.38. The van der Waals surface area contributed by atoms with Crippen LogP contribution in [0, 0.1) is 0 Å². The molecule has 0 unspecified atom stereocenters. The van der Waals surface area contributed by atoms with Crippen molar-refractivity contribution < 1.29 is 49.6 Å². The molecule has 2 aliphatic heterocycles. The molecule has 9 atom stereocenters. The zero-order valence-corrected chi connectivity index (χ0v) is 16.6. The van der Waals surface area contributed by atoms with Crippen molar-refractivity contribution in [3.8, 4) is 0 Å². The van der Waals surface area contributed by atoms with Crippen LogP contribution in [0.3, 0.4) is 0 Å². The van der Waals surface area contributed by atoms with Crippen molar-refractivity contribution in [3.63, 3.8) is 0 Å². The molecule has 2 aliphatic rings. The van der Waals surface area contributed by atoms with E-state index < -0.39 is 85.6 Å². The van der Waals surface area contributed by atoms with E-state index in [1.54, 1.807) is 0 Å². The summed E-state index contributed by atoms with van der Waals surface area (Å²) in [5.74, 6) is -0.739. The third kappa shape index (κ3) is 5.06. The van der Waals surface area contributed by atoms with Crippen LogP contribution < -0.4 is 16.6 Å². The van der Waals surface area contributed by atoms with E-state index in [0.29, 0.717) is 0 Å². The summed E-state index contributed by atoms with van der Waals surface area (Å²) in [5, 5.41) is 61.1. The Bertz CT molecular complexity index is 903. The molecule has 0 aromatic carbocycles. The molecule has 15 nitrogen and oxygen atoms in total. The minimum atomic E-state index is -1.67. The molecule has 15 heteroatoms. The Labute approximate surface area is 179 Å². The van der Waals surface area contributed by atoms with Crippen LogP contribution in [0.5, 0.6) is 0 Å². The van der Waals surface area contributed by atoms with Crippen molar-refractivity contribution in [2.24, 2.45) is 0 Å². The van der Waals surface area contributed by atoms with Crippen LogP contribution in [0.4, 0.5) is 0 Å². The molecule has 0 aliphatic carbocycles. The molecule has 3 rings (SSSR count). The lowest BCUT2D eigenvalue weighted by atomic mass is 9.99. The van der Waals surface area contributed by atoms with Gasteiger partial charge in [0.2, 0.25) is 5.91 Å². The minimum Gasteiger partial charge on any atom is -0.394 e. The van der Waals surface area contributed by atoms with Crippen molar-refractivity contribution in [2.45, 2.75) is 55.2 Å². The normalized spacial score (nSPS) is 37.4. The lowest BCUT2D eigenvalue weighted by Gasteiger charge is -2.39. The highest BCUT2D eigenvalue weighted by molar-refractivity contribution is 5.77.